The highest BCUT2D eigenvalue weighted by molar-refractivity contribution is 5.00. The van der Waals surface area contributed by atoms with Crippen molar-refractivity contribution in [3.63, 3.8) is 0 Å². The summed E-state index contributed by atoms with van der Waals surface area (Å²) < 4.78 is 0. The zero-order valence-electron chi connectivity index (χ0n) is 17.2. The van der Waals surface area contributed by atoms with Crippen LogP contribution < -0.4 is 5.32 Å². The van der Waals surface area contributed by atoms with E-state index in [0.717, 1.165) is 31.8 Å². The molecule has 2 aliphatic rings. The molecular weight excluding hydrogens is 284 g/mol. The molecule has 0 amide bonds. The lowest BCUT2D eigenvalue weighted by atomic mass is 9.62. The van der Waals surface area contributed by atoms with Crippen LogP contribution in [0.1, 0.15) is 81.1 Å². The molecule has 0 bridgehead atoms. The minimum Gasteiger partial charge on any atom is -0.393 e. The summed E-state index contributed by atoms with van der Waals surface area (Å²) in [7, 11) is 0. The van der Waals surface area contributed by atoms with E-state index >= 15 is 0 Å². The first-order chi connectivity index (χ1) is 10.9. The van der Waals surface area contributed by atoms with Gasteiger partial charge in [-0.05, 0) is 64.0 Å². The maximum atomic E-state index is 9.71. The van der Waals surface area contributed by atoms with Gasteiger partial charge < -0.3 is 10.4 Å². The lowest BCUT2D eigenvalue weighted by Crippen LogP contribution is -2.59. The number of rotatable bonds is 3. The summed E-state index contributed by atoms with van der Waals surface area (Å²) in [6.07, 6.45) is 4.39. The highest BCUT2D eigenvalue weighted by atomic mass is 16.3. The minimum absolute atomic E-state index is 0.0750. The van der Waals surface area contributed by atoms with Crippen molar-refractivity contribution in [1.29, 1.82) is 0 Å². The van der Waals surface area contributed by atoms with E-state index in [0.29, 0.717) is 5.41 Å². The number of hydrogen-bond acceptors (Lipinski definition) is 3. The molecule has 0 aromatic rings. The van der Waals surface area contributed by atoms with E-state index in [4.69, 9.17) is 0 Å². The van der Waals surface area contributed by atoms with Crippen molar-refractivity contribution >= 4 is 0 Å². The van der Waals surface area contributed by atoms with E-state index in [2.05, 4.69) is 37.9 Å². The monoisotopic (exact) mass is 328 g/mol. The topological polar surface area (TPSA) is 35.5 Å². The zero-order valence-corrected chi connectivity index (χ0v) is 17.2. The summed E-state index contributed by atoms with van der Waals surface area (Å²) in [5.41, 5.74) is 0.520. The first-order valence-electron chi connectivity index (χ1n) is 9.99. The third kappa shape index (κ3) is 5.72. The number of nitrogens with zero attached hydrogens (tertiary/aromatic N) is 1. The van der Waals surface area contributed by atoms with E-state index in [1.807, 2.05) is 27.7 Å². The summed E-state index contributed by atoms with van der Waals surface area (Å²) in [5.74, 6) is 0.801. The summed E-state index contributed by atoms with van der Waals surface area (Å²) in [6, 6.07) is 0. The van der Waals surface area contributed by atoms with Crippen LogP contribution in [-0.2, 0) is 0 Å². The van der Waals surface area contributed by atoms with Gasteiger partial charge in [-0.2, -0.15) is 0 Å². The second-order valence-electron chi connectivity index (χ2n) is 7.52. The highest BCUT2D eigenvalue weighted by Gasteiger charge is 2.46. The predicted molar refractivity (Wildman–Crippen MR) is 103 cm³/mol. The maximum Gasteiger partial charge on any atom is 0.0564 e. The van der Waals surface area contributed by atoms with Gasteiger partial charge in [-0.1, -0.05) is 41.5 Å². The Bertz CT molecular complexity index is 288. The van der Waals surface area contributed by atoms with E-state index in [9.17, 15) is 5.11 Å². The van der Waals surface area contributed by atoms with E-state index < -0.39 is 0 Å². The van der Waals surface area contributed by atoms with Crippen LogP contribution in [0.15, 0.2) is 0 Å². The van der Waals surface area contributed by atoms with Gasteiger partial charge in [0, 0.05) is 18.6 Å². The lowest BCUT2D eigenvalue weighted by molar-refractivity contribution is -0.0601. The van der Waals surface area contributed by atoms with Crippen LogP contribution in [0.25, 0.3) is 0 Å². The zero-order chi connectivity index (χ0) is 18.1. The van der Waals surface area contributed by atoms with Crippen molar-refractivity contribution in [2.24, 2.45) is 11.3 Å². The fraction of sp³-hybridized carbons (Fsp3) is 1.00. The van der Waals surface area contributed by atoms with Crippen LogP contribution >= 0.6 is 0 Å². The summed E-state index contributed by atoms with van der Waals surface area (Å²) >= 11 is 0. The van der Waals surface area contributed by atoms with Crippen molar-refractivity contribution in [2.45, 2.75) is 92.7 Å². The molecule has 2 saturated heterocycles. The van der Waals surface area contributed by atoms with Gasteiger partial charge in [-0.15, -0.1) is 0 Å². The molecular formula is C20H44N2O. The number of piperidine rings is 2. The smallest absolute Gasteiger partial charge is 0.0564 e. The average Bonchev–Trinajstić information content (AvgIpc) is 2.59. The highest BCUT2D eigenvalue weighted by Crippen LogP contribution is 2.46. The van der Waals surface area contributed by atoms with Crippen molar-refractivity contribution < 1.29 is 5.11 Å². The lowest BCUT2D eigenvalue weighted by Gasteiger charge is -2.55. The van der Waals surface area contributed by atoms with E-state index in [1.54, 1.807) is 0 Å². The van der Waals surface area contributed by atoms with Crippen molar-refractivity contribution in [1.82, 2.24) is 10.2 Å². The van der Waals surface area contributed by atoms with Crippen LogP contribution in [0.4, 0.5) is 0 Å². The SMILES string of the molecule is CC.CC.CC(C)(C1CCNCC1)C(C)(C)N1CCC(O)CC1. The molecule has 2 heterocycles. The van der Waals surface area contributed by atoms with Gasteiger partial charge >= 0.3 is 0 Å². The third-order valence-corrected chi connectivity index (χ3v) is 6.19. The predicted octanol–water partition coefficient (Wildman–Crippen LogP) is 4.30. The Morgan fingerprint density at radius 1 is 0.826 bits per heavy atom. The molecule has 0 radical (unpaired) electrons. The molecule has 0 saturated carbocycles. The second-order valence-corrected chi connectivity index (χ2v) is 7.52. The molecule has 2 N–H and O–H groups in total. The fourth-order valence-corrected chi connectivity index (χ4v) is 3.88. The van der Waals surface area contributed by atoms with Crippen molar-refractivity contribution in [3.05, 3.63) is 0 Å². The van der Waals surface area contributed by atoms with Crippen LogP contribution in [0.3, 0.4) is 0 Å². The first-order valence-corrected chi connectivity index (χ1v) is 9.99. The standard InChI is InChI=1S/C16H32N2O.2C2H6/c1-15(2,13-5-9-17-10-6-13)16(3,4)18-11-7-14(19)8-12-18;2*1-2/h13-14,17,19H,5-12H2,1-4H3;2*1-2H3. The molecule has 2 rings (SSSR count). The Morgan fingerprint density at radius 3 is 1.70 bits per heavy atom. The summed E-state index contributed by atoms with van der Waals surface area (Å²) in [5, 5.41) is 13.2. The molecule has 2 fully saturated rings. The minimum atomic E-state index is -0.0750. The van der Waals surface area contributed by atoms with Gasteiger partial charge in [0.05, 0.1) is 6.10 Å². The van der Waals surface area contributed by atoms with Gasteiger partial charge in [0.1, 0.15) is 0 Å². The fourth-order valence-electron chi connectivity index (χ4n) is 3.88. The van der Waals surface area contributed by atoms with Crippen LogP contribution in [0.5, 0.6) is 0 Å². The van der Waals surface area contributed by atoms with Crippen LogP contribution in [-0.4, -0.2) is 47.8 Å². The average molecular weight is 329 g/mol. The molecule has 0 unspecified atom stereocenters. The number of aliphatic hydroxyl groups excluding tert-OH is 1. The van der Waals surface area contributed by atoms with E-state index in [1.165, 1.54) is 25.9 Å². The van der Waals surface area contributed by atoms with Gasteiger partial charge in [0.15, 0.2) is 0 Å². The van der Waals surface area contributed by atoms with E-state index in [-0.39, 0.29) is 11.6 Å². The molecule has 0 spiro atoms. The Balaban J connectivity index is 0.00000112. The molecule has 0 aromatic carbocycles. The number of nitrogens with one attached hydrogen (secondary N) is 1. The molecule has 23 heavy (non-hydrogen) atoms. The molecule has 140 valence electrons. The first kappa shape index (κ1) is 22.9. The largest absolute Gasteiger partial charge is 0.393 e. The molecule has 0 aliphatic carbocycles. The third-order valence-electron chi connectivity index (χ3n) is 6.19. The number of aliphatic hydroxyl groups is 1. The molecule has 3 nitrogen and oxygen atoms in total. The Labute approximate surface area is 146 Å². The number of hydrogen-bond donors (Lipinski definition) is 2. The summed E-state index contributed by atoms with van der Waals surface area (Å²) in [6.45, 7) is 22.2. The molecule has 0 atom stereocenters. The van der Waals surface area contributed by atoms with Crippen LogP contribution in [0.2, 0.25) is 0 Å². The van der Waals surface area contributed by atoms with Crippen molar-refractivity contribution in [2.75, 3.05) is 26.2 Å². The maximum absolute atomic E-state index is 9.71. The quantitative estimate of drug-likeness (QED) is 0.811. The van der Waals surface area contributed by atoms with Gasteiger partial charge in [-0.25, -0.2) is 0 Å². The van der Waals surface area contributed by atoms with Gasteiger partial charge in [0.25, 0.3) is 0 Å². The Morgan fingerprint density at radius 2 is 1.26 bits per heavy atom. The normalized spacial score (nSPS) is 21.8. The summed E-state index contributed by atoms with van der Waals surface area (Å²) in [4.78, 5) is 2.61. The van der Waals surface area contributed by atoms with Gasteiger partial charge in [-0.3, -0.25) is 4.90 Å². The molecule has 3 heteroatoms. The van der Waals surface area contributed by atoms with Crippen molar-refractivity contribution in [3.8, 4) is 0 Å². The Kier molecular flexibility index (Phi) is 10.6. The Hall–Kier alpha value is -0.120. The number of likely N-dealkylation sites (tertiary alicyclic amines) is 1. The van der Waals surface area contributed by atoms with Crippen LogP contribution in [0, 0.1) is 11.3 Å². The molecule has 2 aliphatic heterocycles. The molecule has 0 aromatic heterocycles. The second kappa shape index (κ2) is 10.7. The van der Waals surface area contributed by atoms with Gasteiger partial charge in [0.2, 0.25) is 0 Å².